The molecule has 1 aliphatic rings. The monoisotopic (exact) mass is 363 g/mol. The van der Waals surface area contributed by atoms with Gasteiger partial charge in [0.2, 0.25) is 11.8 Å². The van der Waals surface area contributed by atoms with E-state index in [-0.39, 0.29) is 17.7 Å². The van der Waals surface area contributed by atoms with E-state index in [0.29, 0.717) is 0 Å². The van der Waals surface area contributed by atoms with Crippen LogP contribution in [0, 0.1) is 22.0 Å². The number of ketones is 1. The Balaban J connectivity index is 2.69. The van der Waals surface area contributed by atoms with E-state index in [0.717, 1.165) is 0 Å². The van der Waals surface area contributed by atoms with Crippen LogP contribution in [0.3, 0.4) is 0 Å². The van der Waals surface area contributed by atoms with E-state index in [9.17, 15) is 29.6 Å². The van der Waals surface area contributed by atoms with Crippen LogP contribution in [0.2, 0.25) is 0 Å². The molecular weight excluding hydrogens is 342 g/mol. The lowest BCUT2D eigenvalue weighted by Gasteiger charge is -2.44. The molecule has 3 N–H and O–H groups in total. The van der Waals surface area contributed by atoms with Crippen LogP contribution in [0.25, 0.3) is 0 Å². The highest BCUT2D eigenvalue weighted by atomic mass is 16.6. The van der Waals surface area contributed by atoms with E-state index < -0.39 is 45.9 Å². The topological polar surface area (TPSA) is 139 Å². The fourth-order valence-corrected chi connectivity index (χ4v) is 3.65. The second kappa shape index (κ2) is 7.20. The van der Waals surface area contributed by atoms with Crippen molar-refractivity contribution in [3.8, 4) is 0 Å². The van der Waals surface area contributed by atoms with Gasteiger partial charge in [-0.15, -0.1) is 0 Å². The number of nitrogens with one attached hydrogen (secondary N) is 2. The van der Waals surface area contributed by atoms with Gasteiger partial charge in [0, 0.05) is 38.6 Å². The fraction of sp³-hybridized carbons (Fsp3) is 0.471. The highest BCUT2D eigenvalue weighted by Gasteiger charge is 2.55. The van der Waals surface area contributed by atoms with Crippen molar-refractivity contribution < 1.29 is 24.4 Å². The van der Waals surface area contributed by atoms with E-state index in [1.54, 1.807) is 0 Å². The standard InChI is InChI=1S/C17H21N3O6/c1-17(24)8-11(21)13(15(22)18-2)12(14(17)16(23)19-3)9-5-4-6-10(7-9)20(25)26/h4-7,12-14,24H,8H2,1-3H3,(H,18,22)(H,19,23)/t12-,13+,14-,17-/m1/s1. The number of Topliss-reactive ketones (excluding diaryl/α,β-unsaturated/α-hetero) is 1. The van der Waals surface area contributed by atoms with Gasteiger partial charge in [0.1, 0.15) is 11.7 Å². The quantitative estimate of drug-likeness (QED) is 0.395. The van der Waals surface area contributed by atoms with Gasteiger partial charge >= 0.3 is 0 Å². The number of benzene rings is 1. The first-order valence-corrected chi connectivity index (χ1v) is 8.06. The highest BCUT2D eigenvalue weighted by Crippen LogP contribution is 2.46. The molecule has 0 unspecified atom stereocenters. The molecule has 9 nitrogen and oxygen atoms in total. The molecule has 0 saturated heterocycles. The number of amides is 2. The van der Waals surface area contributed by atoms with E-state index in [4.69, 9.17) is 0 Å². The van der Waals surface area contributed by atoms with Gasteiger partial charge in [0.05, 0.1) is 16.4 Å². The first-order chi connectivity index (χ1) is 12.1. The molecule has 2 amide bonds. The summed E-state index contributed by atoms with van der Waals surface area (Å²) in [4.78, 5) is 48.0. The molecule has 0 heterocycles. The number of nitro groups is 1. The van der Waals surface area contributed by atoms with Gasteiger partial charge in [-0.1, -0.05) is 12.1 Å². The molecule has 1 aromatic carbocycles. The van der Waals surface area contributed by atoms with E-state index in [2.05, 4.69) is 10.6 Å². The Morgan fingerprint density at radius 1 is 1.27 bits per heavy atom. The maximum absolute atomic E-state index is 12.6. The van der Waals surface area contributed by atoms with Crippen molar-refractivity contribution in [2.24, 2.45) is 11.8 Å². The summed E-state index contributed by atoms with van der Waals surface area (Å²) < 4.78 is 0. The van der Waals surface area contributed by atoms with Gasteiger partial charge in [0.25, 0.3) is 5.69 Å². The van der Waals surface area contributed by atoms with Crippen molar-refractivity contribution in [1.29, 1.82) is 0 Å². The minimum Gasteiger partial charge on any atom is -0.389 e. The van der Waals surface area contributed by atoms with Crippen LogP contribution < -0.4 is 10.6 Å². The predicted octanol–water partition coefficient (Wildman–Crippen LogP) is 0.127. The van der Waals surface area contributed by atoms with Crippen molar-refractivity contribution in [3.63, 3.8) is 0 Å². The maximum atomic E-state index is 12.6. The zero-order valence-corrected chi connectivity index (χ0v) is 14.7. The third kappa shape index (κ3) is 3.43. The summed E-state index contributed by atoms with van der Waals surface area (Å²) in [6, 6.07) is 5.43. The lowest BCUT2D eigenvalue weighted by Crippen LogP contribution is -2.57. The summed E-state index contributed by atoms with van der Waals surface area (Å²) >= 11 is 0. The molecular formula is C17H21N3O6. The van der Waals surface area contributed by atoms with Gasteiger partial charge < -0.3 is 15.7 Å². The Hall–Kier alpha value is -2.81. The summed E-state index contributed by atoms with van der Waals surface area (Å²) in [5.74, 6) is -5.07. The summed E-state index contributed by atoms with van der Waals surface area (Å²) in [6.07, 6.45) is -0.366. The van der Waals surface area contributed by atoms with E-state index in [1.165, 1.54) is 45.3 Å². The normalized spacial score (nSPS) is 28.3. The zero-order valence-electron chi connectivity index (χ0n) is 14.7. The number of aliphatic hydroxyl groups is 1. The second-order valence-corrected chi connectivity index (χ2v) is 6.56. The second-order valence-electron chi connectivity index (χ2n) is 6.56. The van der Waals surface area contributed by atoms with Crippen molar-refractivity contribution >= 4 is 23.3 Å². The summed E-state index contributed by atoms with van der Waals surface area (Å²) in [5.41, 5.74) is -1.65. The average Bonchev–Trinajstić information content (AvgIpc) is 2.59. The van der Waals surface area contributed by atoms with Gasteiger partial charge in [-0.25, -0.2) is 0 Å². The first-order valence-electron chi connectivity index (χ1n) is 8.06. The third-order valence-corrected chi connectivity index (χ3v) is 4.79. The van der Waals surface area contributed by atoms with Gasteiger partial charge in [-0.2, -0.15) is 0 Å². The Labute approximate surface area is 149 Å². The highest BCUT2D eigenvalue weighted by molar-refractivity contribution is 6.05. The molecule has 2 rings (SSSR count). The summed E-state index contributed by atoms with van der Waals surface area (Å²) in [5, 5.41) is 26.7. The summed E-state index contributed by atoms with van der Waals surface area (Å²) in [7, 11) is 2.75. The molecule has 26 heavy (non-hydrogen) atoms. The van der Waals surface area contributed by atoms with Crippen LogP contribution >= 0.6 is 0 Å². The number of carbonyl (C=O) groups excluding carboxylic acids is 3. The SMILES string of the molecule is CNC(=O)[C@H]1C(=O)C[C@@](C)(O)[C@@H](C(=O)NC)[C@@H]1c1cccc([N+](=O)[O-])c1. The molecule has 9 heteroatoms. The molecule has 0 aromatic heterocycles. The third-order valence-electron chi connectivity index (χ3n) is 4.79. The maximum Gasteiger partial charge on any atom is 0.269 e. The molecule has 1 saturated carbocycles. The van der Waals surface area contributed by atoms with Gasteiger partial charge in [-0.3, -0.25) is 24.5 Å². The lowest BCUT2D eigenvalue weighted by atomic mass is 9.61. The Bertz CT molecular complexity index is 761. The molecule has 140 valence electrons. The Kier molecular flexibility index (Phi) is 5.41. The molecule has 4 atom stereocenters. The van der Waals surface area contributed by atoms with Gasteiger partial charge in [-0.05, 0) is 12.5 Å². The smallest absolute Gasteiger partial charge is 0.269 e. The predicted molar refractivity (Wildman–Crippen MR) is 91.2 cm³/mol. The largest absolute Gasteiger partial charge is 0.389 e. The molecule has 0 radical (unpaired) electrons. The van der Waals surface area contributed by atoms with Crippen molar-refractivity contribution in [1.82, 2.24) is 10.6 Å². The molecule has 0 bridgehead atoms. The van der Waals surface area contributed by atoms with Crippen molar-refractivity contribution in [2.75, 3.05) is 14.1 Å². The Morgan fingerprint density at radius 3 is 2.42 bits per heavy atom. The van der Waals surface area contributed by atoms with Gasteiger partial charge in [0.15, 0.2) is 0 Å². The van der Waals surface area contributed by atoms with E-state index in [1.807, 2.05) is 0 Å². The fourth-order valence-electron chi connectivity index (χ4n) is 3.65. The number of rotatable bonds is 4. The van der Waals surface area contributed by atoms with Crippen LogP contribution in [0.1, 0.15) is 24.8 Å². The number of carbonyl (C=O) groups is 3. The lowest BCUT2D eigenvalue weighted by molar-refractivity contribution is -0.385. The minimum atomic E-state index is -1.70. The summed E-state index contributed by atoms with van der Waals surface area (Å²) in [6.45, 7) is 1.36. The number of non-ortho nitro benzene ring substituents is 1. The first kappa shape index (κ1) is 19.5. The number of hydrogen-bond donors (Lipinski definition) is 3. The van der Waals surface area contributed by atoms with Crippen LogP contribution in [-0.4, -0.2) is 47.3 Å². The molecule has 0 aliphatic heterocycles. The van der Waals surface area contributed by atoms with Crippen molar-refractivity contribution in [3.05, 3.63) is 39.9 Å². The van der Waals surface area contributed by atoms with E-state index >= 15 is 0 Å². The molecule has 1 aliphatic carbocycles. The Morgan fingerprint density at radius 2 is 1.88 bits per heavy atom. The number of nitro benzene ring substituents is 1. The number of nitrogens with zero attached hydrogens (tertiary/aromatic N) is 1. The minimum absolute atomic E-state index is 0.230. The van der Waals surface area contributed by atoms with Crippen molar-refractivity contribution in [2.45, 2.75) is 24.9 Å². The average molecular weight is 363 g/mol. The van der Waals surface area contributed by atoms with Crippen LogP contribution in [-0.2, 0) is 14.4 Å². The van der Waals surface area contributed by atoms with Crippen LogP contribution in [0.4, 0.5) is 5.69 Å². The molecule has 1 aromatic rings. The number of hydrogen-bond acceptors (Lipinski definition) is 6. The zero-order chi connectivity index (χ0) is 19.6. The van der Waals surface area contributed by atoms with Crippen LogP contribution in [0.15, 0.2) is 24.3 Å². The van der Waals surface area contributed by atoms with Crippen LogP contribution in [0.5, 0.6) is 0 Å². The molecule has 1 fully saturated rings. The molecule has 0 spiro atoms.